The zero-order valence-corrected chi connectivity index (χ0v) is 13.5. The SMILES string of the molecule is CN1C(O)CCC1c1nc2ccccc2n(-c2ccccc2)c1=O. The van der Waals surface area contributed by atoms with E-state index in [1.54, 1.807) is 4.57 Å². The maximum atomic E-state index is 13.2. The lowest BCUT2D eigenvalue weighted by Crippen LogP contribution is -2.33. The van der Waals surface area contributed by atoms with Gasteiger partial charge in [-0.25, -0.2) is 4.98 Å². The molecule has 5 nitrogen and oxygen atoms in total. The number of hydrogen-bond acceptors (Lipinski definition) is 4. The number of nitrogens with zero attached hydrogens (tertiary/aromatic N) is 3. The summed E-state index contributed by atoms with van der Waals surface area (Å²) in [6, 6.07) is 17.1. The molecule has 5 heteroatoms. The first-order chi connectivity index (χ1) is 11.7. The zero-order valence-electron chi connectivity index (χ0n) is 13.5. The fourth-order valence-corrected chi connectivity index (χ4v) is 3.45. The smallest absolute Gasteiger partial charge is 0.278 e. The van der Waals surface area contributed by atoms with Crippen molar-refractivity contribution in [3.05, 3.63) is 70.6 Å². The summed E-state index contributed by atoms with van der Waals surface area (Å²) in [7, 11) is 1.84. The highest BCUT2D eigenvalue weighted by Gasteiger charge is 2.33. The third-order valence-corrected chi connectivity index (χ3v) is 4.78. The molecule has 3 aromatic rings. The first kappa shape index (κ1) is 15.1. The van der Waals surface area contributed by atoms with Gasteiger partial charge in [0, 0.05) is 5.69 Å². The summed E-state index contributed by atoms with van der Waals surface area (Å²) in [5.41, 5.74) is 2.77. The lowest BCUT2D eigenvalue weighted by molar-refractivity contribution is 0.0363. The van der Waals surface area contributed by atoms with E-state index < -0.39 is 6.23 Å². The normalized spacial score (nSPS) is 21.4. The first-order valence-electron chi connectivity index (χ1n) is 8.14. The van der Waals surface area contributed by atoms with Crippen LogP contribution in [0.5, 0.6) is 0 Å². The second-order valence-electron chi connectivity index (χ2n) is 6.20. The molecule has 1 aromatic heterocycles. The minimum Gasteiger partial charge on any atom is -0.378 e. The van der Waals surface area contributed by atoms with Crippen LogP contribution in [0.15, 0.2) is 59.4 Å². The fourth-order valence-electron chi connectivity index (χ4n) is 3.45. The number of aliphatic hydroxyl groups excluding tert-OH is 1. The van der Waals surface area contributed by atoms with E-state index in [0.29, 0.717) is 12.1 Å². The van der Waals surface area contributed by atoms with Gasteiger partial charge in [-0.1, -0.05) is 30.3 Å². The first-order valence-corrected chi connectivity index (χ1v) is 8.14. The van der Waals surface area contributed by atoms with Crippen LogP contribution >= 0.6 is 0 Å². The standard InChI is InChI=1S/C19H19N3O2/c1-21-16(11-12-17(21)23)18-19(24)22(13-7-3-2-4-8-13)15-10-6-5-9-14(15)20-18/h2-10,16-17,23H,11-12H2,1H3. The van der Waals surface area contributed by atoms with Crippen LogP contribution in [0.2, 0.25) is 0 Å². The highest BCUT2D eigenvalue weighted by molar-refractivity contribution is 5.76. The summed E-state index contributed by atoms with van der Waals surface area (Å²) in [5, 5.41) is 10.0. The average molecular weight is 321 g/mol. The molecular formula is C19H19N3O2. The predicted octanol–water partition coefficient (Wildman–Crippen LogP) is 2.47. The third kappa shape index (κ3) is 2.33. The molecule has 0 spiro atoms. The molecule has 0 radical (unpaired) electrons. The van der Waals surface area contributed by atoms with E-state index in [2.05, 4.69) is 4.98 Å². The number of aliphatic hydroxyl groups is 1. The van der Waals surface area contributed by atoms with Gasteiger partial charge in [-0.05, 0) is 44.2 Å². The maximum Gasteiger partial charge on any atom is 0.278 e. The summed E-state index contributed by atoms with van der Waals surface area (Å²) in [6.45, 7) is 0. The van der Waals surface area contributed by atoms with Crippen LogP contribution in [0.4, 0.5) is 0 Å². The summed E-state index contributed by atoms with van der Waals surface area (Å²) in [6.07, 6.45) is 0.862. The highest BCUT2D eigenvalue weighted by atomic mass is 16.3. The van der Waals surface area contributed by atoms with Crippen LogP contribution in [0.1, 0.15) is 24.6 Å². The number of hydrogen-bond donors (Lipinski definition) is 1. The maximum absolute atomic E-state index is 13.2. The van der Waals surface area contributed by atoms with Gasteiger partial charge in [0.05, 0.1) is 17.1 Å². The summed E-state index contributed by atoms with van der Waals surface area (Å²) in [5.74, 6) is 0. The minimum atomic E-state index is -0.521. The van der Waals surface area contributed by atoms with Gasteiger partial charge in [-0.2, -0.15) is 0 Å². The minimum absolute atomic E-state index is 0.120. The molecule has 2 unspecified atom stereocenters. The number of para-hydroxylation sites is 3. The Morgan fingerprint density at radius 1 is 1.04 bits per heavy atom. The van der Waals surface area contributed by atoms with Gasteiger partial charge in [-0.3, -0.25) is 14.3 Å². The molecule has 2 aromatic carbocycles. The number of benzene rings is 2. The molecule has 1 aliphatic heterocycles. The molecule has 1 N–H and O–H groups in total. The Labute approximate surface area is 139 Å². The summed E-state index contributed by atoms with van der Waals surface area (Å²) in [4.78, 5) is 19.7. The number of rotatable bonds is 2. The Kier molecular flexibility index (Phi) is 3.67. The molecule has 4 rings (SSSR count). The van der Waals surface area contributed by atoms with E-state index in [4.69, 9.17) is 0 Å². The second-order valence-corrected chi connectivity index (χ2v) is 6.20. The van der Waals surface area contributed by atoms with Crippen molar-refractivity contribution in [2.75, 3.05) is 7.05 Å². The van der Waals surface area contributed by atoms with Gasteiger partial charge in [0.2, 0.25) is 0 Å². The molecule has 1 saturated heterocycles. The van der Waals surface area contributed by atoms with E-state index in [-0.39, 0.29) is 11.6 Å². The second kappa shape index (κ2) is 5.85. The summed E-state index contributed by atoms with van der Waals surface area (Å²) >= 11 is 0. The van der Waals surface area contributed by atoms with E-state index >= 15 is 0 Å². The predicted molar refractivity (Wildman–Crippen MR) is 93.1 cm³/mol. The van der Waals surface area contributed by atoms with Crippen molar-refractivity contribution < 1.29 is 5.11 Å². The van der Waals surface area contributed by atoms with Crippen LogP contribution in [-0.2, 0) is 0 Å². The Bertz CT molecular complexity index is 936. The molecule has 0 amide bonds. The van der Waals surface area contributed by atoms with Gasteiger partial charge in [0.1, 0.15) is 11.9 Å². The Hall–Kier alpha value is -2.50. The van der Waals surface area contributed by atoms with Crippen molar-refractivity contribution in [2.24, 2.45) is 0 Å². The fraction of sp³-hybridized carbons (Fsp3) is 0.263. The average Bonchev–Trinajstić information content (AvgIpc) is 2.94. The molecule has 2 atom stereocenters. The Morgan fingerprint density at radius 2 is 1.75 bits per heavy atom. The van der Waals surface area contributed by atoms with Gasteiger partial charge >= 0.3 is 0 Å². The van der Waals surface area contributed by atoms with Crippen molar-refractivity contribution in [3.8, 4) is 5.69 Å². The van der Waals surface area contributed by atoms with Crippen molar-refractivity contribution in [1.29, 1.82) is 0 Å². The summed E-state index contributed by atoms with van der Waals surface area (Å²) < 4.78 is 1.72. The van der Waals surface area contributed by atoms with Gasteiger partial charge in [0.15, 0.2) is 0 Å². The number of likely N-dealkylation sites (tertiary alicyclic amines) is 1. The molecule has 24 heavy (non-hydrogen) atoms. The lowest BCUT2D eigenvalue weighted by atomic mass is 10.1. The molecule has 0 aliphatic carbocycles. The molecule has 2 heterocycles. The van der Waals surface area contributed by atoms with Crippen molar-refractivity contribution in [1.82, 2.24) is 14.5 Å². The molecular weight excluding hydrogens is 302 g/mol. The zero-order chi connectivity index (χ0) is 16.7. The monoisotopic (exact) mass is 321 g/mol. The Morgan fingerprint density at radius 3 is 2.46 bits per heavy atom. The molecule has 122 valence electrons. The van der Waals surface area contributed by atoms with E-state index in [9.17, 15) is 9.90 Å². The third-order valence-electron chi connectivity index (χ3n) is 4.78. The lowest BCUT2D eigenvalue weighted by Gasteiger charge is -2.22. The molecule has 1 aliphatic rings. The quantitative estimate of drug-likeness (QED) is 0.788. The molecule has 0 bridgehead atoms. The van der Waals surface area contributed by atoms with Crippen LogP contribution in [0.3, 0.4) is 0 Å². The van der Waals surface area contributed by atoms with E-state index in [1.807, 2.05) is 66.5 Å². The largest absolute Gasteiger partial charge is 0.378 e. The van der Waals surface area contributed by atoms with Crippen molar-refractivity contribution in [2.45, 2.75) is 25.1 Å². The van der Waals surface area contributed by atoms with Crippen LogP contribution < -0.4 is 5.56 Å². The molecule has 1 fully saturated rings. The van der Waals surface area contributed by atoms with E-state index in [1.165, 1.54) is 0 Å². The molecule has 0 saturated carbocycles. The van der Waals surface area contributed by atoms with Gasteiger partial charge in [0.25, 0.3) is 5.56 Å². The van der Waals surface area contributed by atoms with Gasteiger partial charge in [-0.15, -0.1) is 0 Å². The topological polar surface area (TPSA) is 58.4 Å². The number of aromatic nitrogens is 2. The Balaban J connectivity index is 2.00. The van der Waals surface area contributed by atoms with Crippen molar-refractivity contribution in [3.63, 3.8) is 0 Å². The van der Waals surface area contributed by atoms with Gasteiger partial charge < -0.3 is 5.11 Å². The highest BCUT2D eigenvalue weighted by Crippen LogP contribution is 2.32. The van der Waals surface area contributed by atoms with Crippen molar-refractivity contribution >= 4 is 11.0 Å². The number of fused-ring (bicyclic) bond motifs is 1. The van der Waals surface area contributed by atoms with Crippen LogP contribution in [-0.4, -0.2) is 32.8 Å². The van der Waals surface area contributed by atoms with Crippen LogP contribution in [0.25, 0.3) is 16.7 Å². The van der Waals surface area contributed by atoms with Crippen LogP contribution in [0, 0.1) is 0 Å². The van der Waals surface area contributed by atoms with E-state index in [0.717, 1.165) is 23.1 Å².